The molecule has 2 aromatic carbocycles. The third-order valence-electron chi connectivity index (χ3n) is 7.90. The Kier molecular flexibility index (Phi) is 5.21. The Labute approximate surface area is 216 Å². The van der Waals surface area contributed by atoms with Crippen molar-refractivity contribution in [2.75, 3.05) is 49.4 Å². The molecule has 9 nitrogen and oxygen atoms in total. The lowest BCUT2D eigenvalue weighted by molar-refractivity contribution is -0.0197. The number of ether oxygens (including phenoxy) is 2. The third kappa shape index (κ3) is 3.15. The van der Waals surface area contributed by atoms with Crippen LogP contribution in [0.15, 0.2) is 53.5 Å². The number of benzene rings is 2. The summed E-state index contributed by atoms with van der Waals surface area (Å²) < 4.78 is 43.5. The van der Waals surface area contributed by atoms with Gasteiger partial charge in [0, 0.05) is 42.2 Å². The zero-order valence-corrected chi connectivity index (χ0v) is 20.2. The molecule has 0 bridgehead atoms. The lowest BCUT2D eigenvalue weighted by Gasteiger charge is -2.51. The van der Waals surface area contributed by atoms with Crippen molar-refractivity contribution in [3.05, 3.63) is 92.9 Å². The number of carbonyl (C=O) groups excluding carboxylic acids is 1. The Hall–Kier alpha value is -3.96. The molecular weight excluding hydrogens is 498 g/mol. The molecule has 1 unspecified atom stereocenters. The van der Waals surface area contributed by atoms with Gasteiger partial charge in [-0.15, -0.1) is 0 Å². The minimum atomic E-state index is -0.961. The van der Waals surface area contributed by atoms with Gasteiger partial charge in [-0.25, -0.2) is 8.78 Å². The van der Waals surface area contributed by atoms with Crippen molar-refractivity contribution in [2.24, 2.45) is 0 Å². The number of rotatable bonds is 1. The fraction of sp³-hybridized carbons (Fsp3) is 0.333. The predicted octanol–water partition coefficient (Wildman–Crippen LogP) is 2.26. The number of para-hydroxylation sites is 1. The average Bonchev–Trinajstić information content (AvgIpc) is 3.06. The topological polar surface area (TPSA) is 87.5 Å². The van der Waals surface area contributed by atoms with Crippen molar-refractivity contribution in [1.82, 2.24) is 9.58 Å². The molecule has 0 aliphatic carbocycles. The summed E-state index contributed by atoms with van der Waals surface area (Å²) in [5, 5.41) is 12.6. The van der Waals surface area contributed by atoms with Gasteiger partial charge in [0.05, 0.1) is 32.5 Å². The number of aromatic nitrogens is 1. The van der Waals surface area contributed by atoms with E-state index in [1.165, 1.54) is 16.9 Å². The summed E-state index contributed by atoms with van der Waals surface area (Å²) in [4.78, 5) is 29.5. The summed E-state index contributed by atoms with van der Waals surface area (Å²) in [5.74, 6) is -3.07. The molecule has 0 spiro atoms. The van der Waals surface area contributed by atoms with Crippen LogP contribution in [-0.4, -0.2) is 66.3 Å². The van der Waals surface area contributed by atoms with Crippen LogP contribution < -0.4 is 15.3 Å². The summed E-state index contributed by atoms with van der Waals surface area (Å²) in [5.41, 5.74) is 1.45. The largest absolute Gasteiger partial charge is 0.502 e. The van der Waals surface area contributed by atoms with Crippen LogP contribution in [0.5, 0.6) is 5.75 Å². The van der Waals surface area contributed by atoms with E-state index in [4.69, 9.17) is 9.47 Å². The molecule has 2 saturated heterocycles. The molecule has 0 radical (unpaired) electrons. The zero-order chi connectivity index (χ0) is 26.1. The Balaban J connectivity index is 1.56. The maximum absolute atomic E-state index is 15.8. The molecule has 1 aromatic heterocycles. The first-order valence-corrected chi connectivity index (χ1v) is 12.5. The van der Waals surface area contributed by atoms with Crippen molar-refractivity contribution in [3.63, 3.8) is 0 Å². The fourth-order valence-corrected chi connectivity index (χ4v) is 6.25. The number of hydrogen-bond acceptors (Lipinski definition) is 7. The number of amides is 1. The first-order chi connectivity index (χ1) is 18.5. The first kappa shape index (κ1) is 23.2. The normalized spacial score (nSPS) is 24.1. The number of pyridine rings is 1. The summed E-state index contributed by atoms with van der Waals surface area (Å²) >= 11 is 0. The number of hydrogen-bond donors (Lipinski definition) is 1. The number of anilines is 1. The van der Waals surface area contributed by atoms with Crippen LogP contribution >= 0.6 is 0 Å². The summed E-state index contributed by atoms with van der Waals surface area (Å²) in [6.45, 7) is 1.76. The van der Waals surface area contributed by atoms with E-state index in [1.807, 2.05) is 34.2 Å². The van der Waals surface area contributed by atoms with E-state index in [2.05, 4.69) is 0 Å². The van der Waals surface area contributed by atoms with E-state index in [-0.39, 0.29) is 31.0 Å². The van der Waals surface area contributed by atoms with Crippen LogP contribution in [0.4, 0.5) is 14.5 Å². The summed E-state index contributed by atoms with van der Waals surface area (Å²) in [6, 6.07) is 10.2. The number of halogens is 2. The van der Waals surface area contributed by atoms with Gasteiger partial charge in [-0.3, -0.25) is 19.3 Å². The van der Waals surface area contributed by atoms with E-state index < -0.39 is 47.0 Å². The monoisotopic (exact) mass is 522 g/mol. The van der Waals surface area contributed by atoms with Gasteiger partial charge in [0.2, 0.25) is 5.43 Å². The lowest BCUT2D eigenvalue weighted by Crippen LogP contribution is -2.66. The second-order valence-corrected chi connectivity index (χ2v) is 9.77. The minimum absolute atomic E-state index is 0.145. The maximum Gasteiger partial charge on any atom is 0.278 e. The first-order valence-electron chi connectivity index (χ1n) is 12.5. The second kappa shape index (κ2) is 8.53. The highest BCUT2D eigenvalue weighted by molar-refractivity contribution is 5.96. The molecular formula is C27H24F2N4O5. The molecule has 3 aromatic rings. The third-order valence-corrected chi connectivity index (χ3v) is 7.90. The minimum Gasteiger partial charge on any atom is -0.502 e. The molecule has 7 rings (SSSR count). The van der Waals surface area contributed by atoms with Gasteiger partial charge in [-0.05, 0) is 17.7 Å². The van der Waals surface area contributed by atoms with E-state index in [1.54, 1.807) is 11.0 Å². The Morgan fingerprint density at radius 3 is 2.50 bits per heavy atom. The Morgan fingerprint density at radius 1 is 0.895 bits per heavy atom. The predicted molar refractivity (Wildman–Crippen MR) is 132 cm³/mol. The number of fused-ring (bicyclic) bond motifs is 7. The standard InChI is InChI=1S/C27H24F2N4O5/c28-17-6-5-16-22(23(17)29)19-13-37-11-9-30(19)18-4-2-1-3-15(18)24(16)33-21-14-38-12-10-31(21)27(36)25-26(35)20(34)7-8-32(25)33/h1-8,19,21,24,35H,9-14H2/t19?,21-,24-/m1/s1. The smallest absolute Gasteiger partial charge is 0.278 e. The van der Waals surface area contributed by atoms with Crippen molar-refractivity contribution >= 4 is 11.6 Å². The zero-order valence-electron chi connectivity index (χ0n) is 20.2. The number of aromatic hydroxyl groups is 1. The van der Waals surface area contributed by atoms with E-state index in [0.29, 0.717) is 25.3 Å². The van der Waals surface area contributed by atoms with E-state index in [9.17, 15) is 19.1 Å². The van der Waals surface area contributed by atoms with Gasteiger partial charge in [0.25, 0.3) is 5.91 Å². The molecule has 2 fully saturated rings. The highest BCUT2D eigenvalue weighted by Crippen LogP contribution is 2.48. The van der Waals surface area contributed by atoms with Gasteiger partial charge >= 0.3 is 0 Å². The van der Waals surface area contributed by atoms with Crippen LogP contribution in [0.2, 0.25) is 0 Å². The molecule has 0 saturated carbocycles. The van der Waals surface area contributed by atoms with Crippen molar-refractivity contribution in [1.29, 1.82) is 0 Å². The molecule has 3 atom stereocenters. The van der Waals surface area contributed by atoms with Gasteiger partial charge in [0.1, 0.15) is 12.2 Å². The van der Waals surface area contributed by atoms with Crippen LogP contribution in [0, 0.1) is 11.6 Å². The van der Waals surface area contributed by atoms with Crippen LogP contribution in [0.3, 0.4) is 0 Å². The fourth-order valence-electron chi connectivity index (χ4n) is 6.25. The van der Waals surface area contributed by atoms with Gasteiger partial charge in [-0.1, -0.05) is 24.3 Å². The van der Waals surface area contributed by atoms with Gasteiger partial charge in [-0.2, -0.15) is 0 Å². The summed E-state index contributed by atoms with van der Waals surface area (Å²) in [6.07, 6.45) is 0.793. The molecule has 1 N–H and O–H groups in total. The van der Waals surface area contributed by atoms with Crippen molar-refractivity contribution < 1.29 is 28.2 Å². The molecule has 11 heteroatoms. The quantitative estimate of drug-likeness (QED) is 0.525. The Bertz CT molecular complexity index is 1530. The molecule has 38 heavy (non-hydrogen) atoms. The number of morpholine rings is 2. The molecule has 4 aliphatic rings. The average molecular weight is 523 g/mol. The van der Waals surface area contributed by atoms with Crippen molar-refractivity contribution in [2.45, 2.75) is 18.2 Å². The summed E-state index contributed by atoms with van der Waals surface area (Å²) in [7, 11) is 0. The highest BCUT2D eigenvalue weighted by Gasteiger charge is 2.48. The molecule has 5 heterocycles. The molecule has 196 valence electrons. The SMILES string of the molecule is O=C1c2c(O)c(=O)ccn2N([C@@H]2c3ccccc3N3CCOCC3c3c2ccc(F)c3F)[C@@H]2COCCN12. The van der Waals surface area contributed by atoms with E-state index in [0.717, 1.165) is 17.3 Å². The van der Waals surface area contributed by atoms with Crippen molar-refractivity contribution in [3.8, 4) is 5.75 Å². The highest BCUT2D eigenvalue weighted by atomic mass is 19.2. The van der Waals surface area contributed by atoms with Crippen LogP contribution in [0.1, 0.15) is 39.3 Å². The van der Waals surface area contributed by atoms with Crippen LogP contribution in [0.25, 0.3) is 0 Å². The lowest BCUT2D eigenvalue weighted by atomic mass is 9.91. The maximum atomic E-state index is 15.8. The second-order valence-electron chi connectivity index (χ2n) is 9.77. The Morgan fingerprint density at radius 2 is 1.66 bits per heavy atom. The van der Waals surface area contributed by atoms with Gasteiger partial charge in [0.15, 0.2) is 23.1 Å². The molecule has 1 amide bonds. The van der Waals surface area contributed by atoms with E-state index >= 15 is 4.39 Å². The number of carbonyl (C=O) groups is 1. The van der Waals surface area contributed by atoms with Gasteiger partial charge < -0.3 is 24.4 Å². The number of nitrogens with zero attached hydrogens (tertiary/aromatic N) is 4. The molecule has 4 aliphatic heterocycles. The van der Waals surface area contributed by atoms with Crippen LogP contribution in [-0.2, 0) is 9.47 Å².